The van der Waals surface area contributed by atoms with E-state index in [0.717, 1.165) is 96.9 Å². The summed E-state index contributed by atoms with van der Waals surface area (Å²) in [6.07, 6.45) is 8.77. The summed E-state index contributed by atoms with van der Waals surface area (Å²) in [5.41, 5.74) is 32.0. The summed E-state index contributed by atoms with van der Waals surface area (Å²) in [4.78, 5) is 140. The SMILES string of the molecule is C.C[Si](C)(C)I.Cc1ccccc1.Cl.NC(N)=S.Nc1nc(C2CCCN(C(=O)OCc3ccccc3)C2)cs1.O=C(CCl)C1CCCN(C(=O)OCc2ccccc2)C1.O=C(Nc1ccccc1)Nc1nc(C2CCCN(C(=O)OCc3ccccc3)C2)cs1.O=C(O)C1CCCN(C(=O)OCc2ccccc2)C1.O=C=Nc1ccccc1.[N-]=[N+]=CC(=O)C1CCCN(C(=O)OCc2ccccc2)C1. The molecule has 0 spiro atoms. The number of aliphatic carboxylic acids is 1. The Kier molecular flexibility index (Phi) is 56.1. The van der Waals surface area contributed by atoms with Crippen molar-refractivity contribution in [3.8, 4) is 0 Å². The van der Waals surface area contributed by atoms with Crippen LogP contribution in [0.25, 0.3) is 5.53 Å². The zero-order valence-corrected chi connectivity index (χ0v) is 85.4. The van der Waals surface area contributed by atoms with Gasteiger partial charge in [0.2, 0.25) is 11.9 Å². The number of carboxylic acids is 1. The number of nitrogen functional groups attached to an aromatic ring is 1. The Balaban J connectivity index is 0.000000291. The number of nitrogens with two attached hydrogens (primary N) is 3. The number of carbonyl (C=O) groups is 9. The summed E-state index contributed by atoms with van der Waals surface area (Å²) < 4.78 is 26.6. The molecule has 38 heteroatoms. The molecule has 5 fully saturated rings. The van der Waals surface area contributed by atoms with Crippen molar-refractivity contribution in [2.75, 3.05) is 87.7 Å². The standard InChI is InChI=1S/C23H24N4O3S.C16H19N3O2S.C15H18ClNO3.C15H17N3O3.C14H17NO4.C7H5NO.C7H8.C3H9ISi.CH4N2S.CH4.ClH/c28-21(24-19-11-5-2-6-12-19)26-22-25-20(16-31-22)18-10-7-13-27(14-18)23(29)30-15-17-8-3-1-4-9-17;17-15-18-14(11-22-15)13-7-4-8-19(9-13)16(20)21-10-12-5-2-1-3-6-12;16-9-14(18)13-7-4-8-17(10-13)15(19)20-11-12-5-2-1-3-6-12;16-17-9-14(19)13-7-4-8-18(10-13)15(20)21-11-12-5-2-1-3-6-12;16-13(17)12-7-4-8-15(9-12)14(18)19-10-11-5-2-1-3-6-11;9-6-8-7-4-2-1-3-5-7;1-7-5-3-2-4-6-7;1-5(2,3)4;2-1(3)4;;/h1-6,8-9,11-12,16,18H,7,10,13-15H2,(H2,24,25,26,28);1-3,5-6,11,13H,4,7-10H2,(H2,17,18);1-3,5-6,13H,4,7-11H2;1-3,5-6,9,13H,4,7-8,10-11H2;1-3,5-6,12H,4,7-10H2,(H,16,17);1-5H;2-6H,1H3;1-3H3;(H4,2,3,4);1H4;1H. The zero-order chi connectivity index (χ0) is 99.7. The second kappa shape index (κ2) is 66.7. The third-order valence-electron chi connectivity index (χ3n) is 21.0. The quantitative estimate of drug-likeness (QED) is 0.00394. The molecular weight excluding hydrogens is 2010 g/mol. The molecule has 10 aromatic rings. The summed E-state index contributed by atoms with van der Waals surface area (Å²) in [5, 5.41) is 19.6. The Morgan fingerprint density at radius 3 is 1.14 bits per heavy atom. The highest BCUT2D eigenvalue weighted by atomic mass is 127. The van der Waals surface area contributed by atoms with Gasteiger partial charge in [0, 0.05) is 106 Å². The number of aromatic nitrogens is 2. The van der Waals surface area contributed by atoms with Crippen molar-refractivity contribution >= 4 is 179 Å². The fraction of sp³-hybridized carbons (Fsp3) is 0.353. The van der Waals surface area contributed by atoms with Crippen LogP contribution in [-0.2, 0) is 75.9 Å². The third kappa shape index (κ3) is 48.2. The van der Waals surface area contributed by atoms with Crippen LogP contribution in [0.1, 0.15) is 128 Å². The van der Waals surface area contributed by atoms with Gasteiger partial charge < -0.3 is 81.3 Å². The molecule has 31 nitrogen and oxygen atoms in total. The van der Waals surface area contributed by atoms with Crippen molar-refractivity contribution in [2.45, 2.75) is 143 Å². The van der Waals surface area contributed by atoms with Gasteiger partial charge in [-0.1, -0.05) is 251 Å². The number of nitrogens with one attached hydrogen (secondary N) is 2. The van der Waals surface area contributed by atoms with Gasteiger partial charge >= 0.3 is 48.7 Å². The number of ketones is 2. The van der Waals surface area contributed by atoms with Crippen LogP contribution in [0.2, 0.25) is 19.6 Å². The number of anilines is 3. The summed E-state index contributed by atoms with van der Waals surface area (Å²) >= 11 is 15.0. The maximum absolute atomic E-state index is 12.5. The predicted octanol–water partition coefficient (Wildman–Crippen LogP) is 21.6. The van der Waals surface area contributed by atoms with Gasteiger partial charge in [0.05, 0.1) is 28.9 Å². The molecule has 0 saturated carbocycles. The van der Waals surface area contributed by atoms with Crippen LogP contribution in [0.5, 0.6) is 0 Å². The second-order valence-electron chi connectivity index (χ2n) is 33.0. The molecule has 15 rings (SSSR count). The zero-order valence-electron chi connectivity index (χ0n) is 78.3. The number of likely N-dealkylation sites (tertiary alicyclic amines) is 5. The van der Waals surface area contributed by atoms with E-state index in [1.165, 1.54) is 44.1 Å². The van der Waals surface area contributed by atoms with E-state index in [1.807, 2.05) is 229 Å². The van der Waals surface area contributed by atoms with Crippen LogP contribution in [-0.4, -0.2) is 193 Å². The van der Waals surface area contributed by atoms with E-state index in [1.54, 1.807) is 26.8 Å². The minimum atomic E-state index is -0.847. The Morgan fingerprint density at radius 1 is 0.507 bits per heavy atom. The van der Waals surface area contributed by atoms with Crippen molar-refractivity contribution in [2.24, 2.45) is 34.2 Å². The molecule has 0 bridgehead atoms. The average Bonchev–Trinajstić information content (AvgIpc) is 1.72. The highest BCUT2D eigenvalue weighted by Gasteiger charge is 2.34. The van der Waals surface area contributed by atoms with Gasteiger partial charge in [0.15, 0.2) is 21.2 Å². The first-order valence-corrected chi connectivity index (χ1v) is 54.3. The lowest BCUT2D eigenvalue weighted by molar-refractivity contribution is -0.143. The molecule has 0 radical (unpaired) electrons. The average molecular weight is 2140 g/mol. The molecule has 8 aromatic carbocycles. The van der Waals surface area contributed by atoms with E-state index in [4.69, 9.17) is 51.7 Å². The number of halogens is 3. The van der Waals surface area contributed by atoms with E-state index < -0.39 is 29.6 Å². The van der Waals surface area contributed by atoms with Gasteiger partial charge in [-0.05, 0) is 135 Å². The van der Waals surface area contributed by atoms with E-state index in [9.17, 15) is 47.9 Å². The number of thiazole rings is 2. The number of ether oxygens (including phenoxy) is 5. The third-order valence-corrected chi connectivity index (χ3v) is 22.7. The van der Waals surface area contributed by atoms with Gasteiger partial charge in [-0.2, -0.15) is 9.78 Å². The monoisotopic (exact) mass is 2140 g/mol. The molecule has 5 atom stereocenters. The second-order valence-corrected chi connectivity index (χ2v) is 49.3. The molecule has 7 heterocycles. The van der Waals surface area contributed by atoms with Crippen LogP contribution in [0.4, 0.5) is 50.4 Å². The molecular formula is C102H126Cl2IN15O16S3Si. The number of thiocarbonyl (C=S) groups is 1. The highest BCUT2D eigenvalue weighted by molar-refractivity contribution is 14.1. The van der Waals surface area contributed by atoms with Gasteiger partial charge in [-0.3, -0.25) is 19.7 Å². The van der Waals surface area contributed by atoms with Crippen LogP contribution in [0, 0.1) is 24.7 Å². The molecule has 5 aliphatic rings. The lowest BCUT2D eigenvalue weighted by Crippen LogP contribution is -2.42. The summed E-state index contributed by atoms with van der Waals surface area (Å²) in [6.45, 7) is 15.7. The molecule has 2 aromatic heterocycles. The van der Waals surface area contributed by atoms with Gasteiger partial charge in [0.1, 0.15) is 38.6 Å². The number of Topliss-reactive ketones (excluding diaryl/α,β-unsaturated/α-hetero) is 2. The van der Waals surface area contributed by atoms with Crippen LogP contribution in [0.3, 0.4) is 0 Å². The van der Waals surface area contributed by atoms with Crippen LogP contribution >= 0.6 is 80.7 Å². The maximum atomic E-state index is 12.5. The van der Waals surface area contributed by atoms with Crippen LogP contribution in [0.15, 0.2) is 258 Å². The van der Waals surface area contributed by atoms with Gasteiger partial charge in [-0.15, -0.1) is 68.5 Å². The number of hydrogen-bond donors (Lipinski definition) is 6. The van der Waals surface area contributed by atoms with E-state index in [-0.39, 0.29) is 123 Å². The molecule has 7 amide bonds. The molecule has 5 aliphatic heterocycles. The fourth-order valence-corrected chi connectivity index (χ4v) is 15.8. The number of carbonyl (C=O) groups excluding carboxylic acids is 9. The number of carboxylic acid groups (broad SMARTS) is 1. The van der Waals surface area contributed by atoms with Gasteiger partial charge in [0.25, 0.3) is 0 Å². The number of piperidine rings is 5. The molecule has 9 N–H and O–H groups in total. The van der Waals surface area contributed by atoms with E-state index in [0.29, 0.717) is 99.9 Å². The normalized spacial score (nSPS) is 15.8. The Labute approximate surface area is 857 Å². The lowest BCUT2D eigenvalue weighted by atomic mass is 9.94. The van der Waals surface area contributed by atoms with Crippen molar-refractivity contribution in [1.29, 1.82) is 0 Å². The van der Waals surface area contributed by atoms with E-state index >= 15 is 0 Å². The van der Waals surface area contributed by atoms with Crippen molar-refractivity contribution in [3.63, 3.8) is 0 Å². The van der Waals surface area contributed by atoms with E-state index in [2.05, 4.69) is 115 Å². The number of urea groups is 1. The molecule has 0 aliphatic carbocycles. The lowest BCUT2D eigenvalue weighted by Gasteiger charge is -2.31. The first-order valence-electron chi connectivity index (χ1n) is 45.0. The van der Waals surface area contributed by atoms with Crippen molar-refractivity contribution < 1.29 is 81.5 Å². The number of amides is 7. The number of aryl methyl sites for hydroxylation is 1. The molecule has 5 unspecified atom stereocenters. The number of rotatable bonds is 20. The minimum absolute atomic E-state index is 0. The Hall–Kier alpha value is -12.8. The topological polar surface area (TPSA) is 430 Å². The first kappa shape index (κ1) is 118. The van der Waals surface area contributed by atoms with Crippen molar-refractivity contribution in [3.05, 3.63) is 304 Å². The molecule has 140 heavy (non-hydrogen) atoms. The Bertz CT molecular complexity index is 5440. The maximum Gasteiger partial charge on any atom is 0.410 e. The predicted molar refractivity (Wildman–Crippen MR) is 567 cm³/mol. The first-order chi connectivity index (χ1) is 66.5. The van der Waals surface area contributed by atoms with Gasteiger partial charge in [-0.25, -0.2) is 43.5 Å². The number of para-hydroxylation sites is 2. The summed E-state index contributed by atoms with van der Waals surface area (Å²) in [5.74, 6) is -1.65. The highest BCUT2D eigenvalue weighted by Crippen LogP contribution is 2.32. The largest absolute Gasteiger partial charge is 0.481 e. The molecule has 5 saturated heterocycles. The number of nitrogens with zero attached hydrogens (tertiary/aromatic N) is 10. The summed E-state index contributed by atoms with van der Waals surface area (Å²) in [6, 6.07) is 75.9. The minimum Gasteiger partial charge on any atom is -0.481 e. The van der Waals surface area contributed by atoms with Crippen LogP contribution < -0.4 is 27.8 Å². The summed E-state index contributed by atoms with van der Waals surface area (Å²) in [7, 11) is 0. The number of benzene rings is 8. The molecule has 748 valence electrons. The smallest absolute Gasteiger partial charge is 0.410 e. The van der Waals surface area contributed by atoms with Crippen molar-refractivity contribution in [1.82, 2.24) is 34.5 Å². The number of alkyl halides is 1. The Morgan fingerprint density at radius 2 is 0.814 bits per heavy atom. The number of hydrogen-bond acceptors (Lipinski definition) is 22. The number of isocyanates is 1. The number of aliphatic imine (C=N–C) groups is 1. The fourth-order valence-electron chi connectivity index (χ4n) is 14.1.